The second kappa shape index (κ2) is 8.86. The molecule has 0 spiro atoms. The molecule has 0 aliphatic heterocycles. The van der Waals surface area contributed by atoms with Crippen LogP contribution in [0.25, 0.3) is 11.1 Å². The Morgan fingerprint density at radius 3 is 2.82 bits per heavy atom. The van der Waals surface area contributed by atoms with E-state index in [-0.39, 0.29) is 30.7 Å². The maximum absolute atomic E-state index is 13.2. The van der Waals surface area contributed by atoms with E-state index in [1.54, 1.807) is 6.07 Å². The minimum atomic E-state index is -3.55. The van der Waals surface area contributed by atoms with Crippen molar-refractivity contribution in [1.82, 2.24) is 14.0 Å². The molecular weight excluding hydrogens is 385 g/mol. The van der Waals surface area contributed by atoms with Gasteiger partial charge in [0.25, 0.3) is 16.2 Å². The van der Waals surface area contributed by atoms with Crippen molar-refractivity contribution in [3.8, 4) is 6.07 Å². The molecule has 1 aromatic carbocycles. The molecule has 152 valence electrons. The lowest BCUT2D eigenvalue weighted by Crippen LogP contribution is -2.41. The third-order valence-corrected chi connectivity index (χ3v) is 6.56. The molecule has 8 nitrogen and oxygen atoms in total. The molecule has 2 aromatic rings. The van der Waals surface area contributed by atoms with Gasteiger partial charge in [0.1, 0.15) is 11.3 Å². The summed E-state index contributed by atoms with van der Waals surface area (Å²) in [6, 6.07) is 6.74. The Hall–Kier alpha value is -2.22. The molecule has 1 aromatic heterocycles. The summed E-state index contributed by atoms with van der Waals surface area (Å²) >= 11 is 0. The van der Waals surface area contributed by atoms with Crippen molar-refractivity contribution in [2.24, 2.45) is 5.92 Å². The van der Waals surface area contributed by atoms with Crippen molar-refractivity contribution < 1.29 is 17.2 Å². The molecule has 10 heteroatoms. The summed E-state index contributed by atoms with van der Waals surface area (Å²) in [4.78, 5) is 4.31. The van der Waals surface area contributed by atoms with E-state index in [4.69, 9.17) is 9.68 Å². The fourth-order valence-electron chi connectivity index (χ4n) is 3.31. The van der Waals surface area contributed by atoms with Gasteiger partial charge in [-0.1, -0.05) is 0 Å². The van der Waals surface area contributed by atoms with Crippen LogP contribution in [0, 0.1) is 23.1 Å². The Balaban J connectivity index is 1.46. The van der Waals surface area contributed by atoms with Crippen LogP contribution >= 0.6 is 0 Å². The van der Waals surface area contributed by atoms with Gasteiger partial charge in [-0.3, -0.25) is 0 Å². The predicted octanol–water partition coefficient (Wildman–Crippen LogP) is 2.62. The number of benzene rings is 1. The molecule has 0 bridgehead atoms. The third kappa shape index (κ3) is 5.19. The van der Waals surface area contributed by atoms with Gasteiger partial charge >= 0.3 is 0 Å². The lowest BCUT2D eigenvalue weighted by molar-refractivity contribution is 0.331. The Morgan fingerprint density at radius 1 is 1.36 bits per heavy atom. The zero-order chi connectivity index (χ0) is 20.1. The fraction of sp³-hybridized carbons (Fsp3) is 0.556. The van der Waals surface area contributed by atoms with Crippen molar-refractivity contribution >= 4 is 27.3 Å². The first kappa shape index (κ1) is 20.5. The standard InChI is InChI=1S/C18H24FN5O3S/c1-24(10-2-9-20)28(25,26)21-12-13-3-6-15(7-4-13)22-18-23-16-8-5-14(19)11-17(16)27-18/h5,8,11,13,15,21H,2-4,6-7,10,12H2,1H3,(H,22,23). The number of anilines is 1. The van der Waals surface area contributed by atoms with E-state index in [2.05, 4.69) is 15.0 Å². The van der Waals surface area contributed by atoms with Gasteiger partial charge in [-0.15, -0.1) is 0 Å². The van der Waals surface area contributed by atoms with Gasteiger partial charge in [0.2, 0.25) is 0 Å². The van der Waals surface area contributed by atoms with Crippen molar-refractivity contribution in [2.45, 2.75) is 38.1 Å². The molecule has 0 radical (unpaired) electrons. The van der Waals surface area contributed by atoms with E-state index in [1.807, 2.05) is 6.07 Å². The number of hydrogen-bond donors (Lipinski definition) is 2. The zero-order valence-electron chi connectivity index (χ0n) is 15.7. The number of halogens is 1. The summed E-state index contributed by atoms with van der Waals surface area (Å²) in [6.07, 6.45) is 3.64. The molecule has 2 N–H and O–H groups in total. The van der Waals surface area contributed by atoms with Gasteiger partial charge in [0, 0.05) is 38.7 Å². The Kier molecular flexibility index (Phi) is 6.49. The predicted molar refractivity (Wildman–Crippen MR) is 103 cm³/mol. The second-order valence-electron chi connectivity index (χ2n) is 7.08. The molecule has 1 aliphatic rings. The summed E-state index contributed by atoms with van der Waals surface area (Å²) in [5, 5.41) is 11.8. The fourth-order valence-corrected chi connectivity index (χ4v) is 4.31. The summed E-state index contributed by atoms with van der Waals surface area (Å²) in [7, 11) is -2.09. The highest BCUT2D eigenvalue weighted by Crippen LogP contribution is 2.27. The SMILES string of the molecule is CN(CCC#N)S(=O)(=O)NCC1CCC(Nc2nc3ccc(F)cc3o2)CC1. The summed E-state index contributed by atoms with van der Waals surface area (Å²) < 4.78 is 46.9. The van der Waals surface area contributed by atoms with Crippen LogP contribution in [0.4, 0.5) is 10.4 Å². The van der Waals surface area contributed by atoms with Gasteiger partial charge < -0.3 is 9.73 Å². The zero-order valence-corrected chi connectivity index (χ0v) is 16.5. The van der Waals surface area contributed by atoms with E-state index in [1.165, 1.54) is 23.5 Å². The monoisotopic (exact) mass is 409 g/mol. The van der Waals surface area contributed by atoms with Crippen LogP contribution in [0.1, 0.15) is 32.1 Å². The van der Waals surface area contributed by atoms with Gasteiger partial charge in [0.15, 0.2) is 5.58 Å². The molecule has 28 heavy (non-hydrogen) atoms. The molecule has 1 fully saturated rings. The summed E-state index contributed by atoms with van der Waals surface area (Å²) in [5.74, 6) is -0.105. The van der Waals surface area contributed by atoms with Gasteiger partial charge in [-0.05, 0) is 43.7 Å². The van der Waals surface area contributed by atoms with Crippen LogP contribution in [0.2, 0.25) is 0 Å². The van der Waals surface area contributed by atoms with E-state index in [9.17, 15) is 12.8 Å². The first-order valence-corrected chi connectivity index (χ1v) is 10.7. The highest BCUT2D eigenvalue weighted by molar-refractivity contribution is 7.87. The van der Waals surface area contributed by atoms with E-state index < -0.39 is 10.2 Å². The largest absolute Gasteiger partial charge is 0.423 e. The number of nitrogens with one attached hydrogen (secondary N) is 2. The molecule has 0 unspecified atom stereocenters. The maximum atomic E-state index is 13.2. The van der Waals surface area contributed by atoms with Crippen LogP contribution in [0.5, 0.6) is 0 Å². The van der Waals surface area contributed by atoms with Crippen molar-refractivity contribution in [1.29, 1.82) is 5.26 Å². The van der Waals surface area contributed by atoms with E-state index in [0.717, 1.165) is 25.7 Å². The molecule has 1 aliphatic carbocycles. The molecule has 3 rings (SSSR count). The van der Waals surface area contributed by atoms with Crippen LogP contribution < -0.4 is 10.0 Å². The first-order valence-electron chi connectivity index (χ1n) is 9.28. The number of hydrogen-bond acceptors (Lipinski definition) is 6. The molecule has 1 saturated carbocycles. The summed E-state index contributed by atoms with van der Waals surface area (Å²) in [6.45, 7) is 0.561. The normalized spacial score (nSPS) is 20.4. The average Bonchev–Trinajstić information content (AvgIpc) is 3.06. The van der Waals surface area contributed by atoms with Gasteiger partial charge in [-0.25, -0.2) is 9.11 Å². The van der Waals surface area contributed by atoms with Gasteiger partial charge in [0.05, 0.1) is 6.07 Å². The maximum Gasteiger partial charge on any atom is 0.295 e. The van der Waals surface area contributed by atoms with Crippen molar-refractivity contribution in [3.05, 3.63) is 24.0 Å². The number of nitrogens with zero attached hydrogens (tertiary/aromatic N) is 3. The Bertz CT molecular complexity index is 948. The smallest absolute Gasteiger partial charge is 0.295 e. The third-order valence-electron chi connectivity index (χ3n) is 5.03. The Morgan fingerprint density at radius 2 is 2.11 bits per heavy atom. The lowest BCUT2D eigenvalue weighted by atomic mass is 9.86. The number of rotatable bonds is 8. The van der Waals surface area contributed by atoms with Crippen LogP contribution in [-0.2, 0) is 10.2 Å². The minimum Gasteiger partial charge on any atom is -0.423 e. The first-order chi connectivity index (χ1) is 13.4. The van der Waals surface area contributed by atoms with E-state index in [0.29, 0.717) is 23.7 Å². The van der Waals surface area contributed by atoms with Crippen LogP contribution in [-0.4, -0.2) is 43.9 Å². The molecule has 0 atom stereocenters. The highest BCUT2D eigenvalue weighted by Gasteiger charge is 2.25. The van der Waals surface area contributed by atoms with Crippen molar-refractivity contribution in [2.75, 3.05) is 25.5 Å². The minimum absolute atomic E-state index is 0.163. The van der Waals surface area contributed by atoms with E-state index >= 15 is 0 Å². The number of oxazole rings is 1. The van der Waals surface area contributed by atoms with Crippen LogP contribution in [0.15, 0.2) is 22.6 Å². The molecule has 1 heterocycles. The highest BCUT2D eigenvalue weighted by atomic mass is 32.2. The molecule has 0 saturated heterocycles. The lowest BCUT2D eigenvalue weighted by Gasteiger charge is -2.29. The van der Waals surface area contributed by atoms with Gasteiger partial charge in [-0.2, -0.15) is 23.0 Å². The Labute approximate surface area is 163 Å². The summed E-state index contributed by atoms with van der Waals surface area (Å²) in [5.41, 5.74) is 1.01. The number of aromatic nitrogens is 1. The molecule has 0 amide bonds. The molecular formula is C18H24FN5O3S. The topological polar surface area (TPSA) is 111 Å². The van der Waals surface area contributed by atoms with Crippen LogP contribution in [0.3, 0.4) is 0 Å². The van der Waals surface area contributed by atoms with Crippen molar-refractivity contribution in [3.63, 3.8) is 0 Å². The second-order valence-corrected chi connectivity index (χ2v) is 8.94. The number of fused-ring (bicyclic) bond motifs is 1. The number of nitriles is 1. The average molecular weight is 409 g/mol. The quantitative estimate of drug-likeness (QED) is 0.693.